The summed E-state index contributed by atoms with van der Waals surface area (Å²) in [5, 5.41) is 0.458. The summed E-state index contributed by atoms with van der Waals surface area (Å²) < 4.78 is 6.40. The number of unbranched alkanes of at least 4 members (excludes halogenated alkanes) is 2. The molecule has 0 aliphatic heterocycles. The number of nitrogens with zero attached hydrogens (tertiary/aromatic N) is 2. The van der Waals surface area contributed by atoms with E-state index in [9.17, 15) is 9.59 Å². The lowest BCUT2D eigenvalue weighted by atomic mass is 10.1. The van der Waals surface area contributed by atoms with E-state index in [0.29, 0.717) is 28.7 Å². The highest BCUT2D eigenvalue weighted by Crippen LogP contribution is 2.14. The van der Waals surface area contributed by atoms with Crippen molar-refractivity contribution in [1.82, 2.24) is 9.55 Å². The number of fused-ring (bicyclic) bond motifs is 1. The van der Waals surface area contributed by atoms with Gasteiger partial charge in [0, 0.05) is 12.7 Å². The molecule has 2 aromatic heterocycles. The first kappa shape index (κ1) is 15.2. The number of methoxy groups -OCH3 is 1. The molecule has 0 radical (unpaired) electrons. The molecule has 0 spiro atoms. The number of rotatable bonds is 5. The summed E-state index contributed by atoms with van der Waals surface area (Å²) in [6, 6.07) is 3.40. The maximum atomic E-state index is 12.5. The zero-order chi connectivity index (χ0) is 15.4. The van der Waals surface area contributed by atoms with Gasteiger partial charge in [0.1, 0.15) is 0 Å². The molecule has 21 heavy (non-hydrogen) atoms. The van der Waals surface area contributed by atoms with E-state index in [2.05, 4.69) is 11.9 Å². The molecule has 0 unspecified atom stereocenters. The number of aryl methyl sites for hydroxylation is 2. The number of hydrogen-bond donors (Lipinski definition) is 0. The first-order chi connectivity index (χ1) is 10.1. The highest BCUT2D eigenvalue weighted by atomic mass is 16.5. The Hall–Kier alpha value is -2.17. The first-order valence-electron chi connectivity index (χ1n) is 7.17. The molecule has 0 atom stereocenters. The van der Waals surface area contributed by atoms with Gasteiger partial charge in [-0.15, -0.1) is 0 Å². The normalized spacial score (nSPS) is 10.8. The summed E-state index contributed by atoms with van der Waals surface area (Å²) in [5.41, 5.74) is 1.41. The van der Waals surface area contributed by atoms with Gasteiger partial charge in [0.15, 0.2) is 0 Å². The lowest BCUT2D eigenvalue weighted by molar-refractivity contribution is 0.0599. The van der Waals surface area contributed by atoms with Gasteiger partial charge < -0.3 is 9.30 Å². The van der Waals surface area contributed by atoms with Crippen LogP contribution >= 0.6 is 0 Å². The van der Waals surface area contributed by atoms with Crippen LogP contribution in [0.3, 0.4) is 0 Å². The molecular formula is C16H20N2O3. The van der Waals surface area contributed by atoms with Crippen LogP contribution in [-0.4, -0.2) is 22.6 Å². The van der Waals surface area contributed by atoms with Crippen LogP contribution < -0.4 is 5.56 Å². The Morgan fingerprint density at radius 3 is 2.81 bits per heavy atom. The number of ether oxygens (including phenoxy) is 1. The van der Waals surface area contributed by atoms with E-state index in [4.69, 9.17) is 4.74 Å². The number of esters is 1. The predicted octanol–water partition coefficient (Wildman–Crippen LogP) is 2.68. The summed E-state index contributed by atoms with van der Waals surface area (Å²) in [6.45, 7) is 4.54. The van der Waals surface area contributed by atoms with Gasteiger partial charge >= 0.3 is 5.97 Å². The first-order valence-corrected chi connectivity index (χ1v) is 7.17. The Balaban J connectivity index is 2.50. The fourth-order valence-electron chi connectivity index (χ4n) is 2.33. The average Bonchev–Trinajstić information content (AvgIpc) is 2.48. The smallest absolute Gasteiger partial charge is 0.339 e. The summed E-state index contributed by atoms with van der Waals surface area (Å²) in [6.07, 6.45) is 4.93. The molecule has 5 heteroatoms. The van der Waals surface area contributed by atoms with E-state index < -0.39 is 5.97 Å². The number of hydrogen-bond acceptors (Lipinski definition) is 4. The molecule has 0 aliphatic carbocycles. The molecule has 0 N–H and O–H groups in total. The molecule has 5 nitrogen and oxygen atoms in total. The van der Waals surface area contributed by atoms with Crippen LogP contribution in [0.25, 0.3) is 10.9 Å². The van der Waals surface area contributed by atoms with Gasteiger partial charge in [-0.05, 0) is 25.5 Å². The largest absolute Gasteiger partial charge is 0.465 e. The van der Waals surface area contributed by atoms with E-state index in [0.717, 1.165) is 19.3 Å². The van der Waals surface area contributed by atoms with Crippen LogP contribution in [-0.2, 0) is 11.3 Å². The Morgan fingerprint density at radius 1 is 1.38 bits per heavy atom. The average molecular weight is 288 g/mol. The minimum absolute atomic E-state index is 0.110. The quantitative estimate of drug-likeness (QED) is 0.627. The standard InChI is InChI=1S/C16H20N2O3/c1-4-5-6-8-18-9-7-14-13(15(18)19)10-12(11(2)17-14)16(20)21-3/h7,9-10H,4-6,8H2,1-3H3. The van der Waals surface area contributed by atoms with Crippen LogP contribution in [0.15, 0.2) is 23.1 Å². The fraction of sp³-hybridized carbons (Fsp3) is 0.438. The van der Waals surface area contributed by atoms with E-state index in [1.807, 2.05) is 6.07 Å². The van der Waals surface area contributed by atoms with Crippen LogP contribution in [0.1, 0.15) is 42.2 Å². The zero-order valence-electron chi connectivity index (χ0n) is 12.7. The maximum Gasteiger partial charge on any atom is 0.339 e. The lowest BCUT2D eigenvalue weighted by Gasteiger charge is -2.09. The van der Waals surface area contributed by atoms with E-state index in [-0.39, 0.29) is 5.56 Å². The van der Waals surface area contributed by atoms with Crippen molar-refractivity contribution in [2.45, 2.75) is 39.7 Å². The molecule has 2 heterocycles. The van der Waals surface area contributed by atoms with Crippen LogP contribution in [0.5, 0.6) is 0 Å². The third-order valence-electron chi connectivity index (χ3n) is 3.55. The second-order valence-corrected chi connectivity index (χ2v) is 5.07. The predicted molar refractivity (Wildman–Crippen MR) is 81.6 cm³/mol. The number of pyridine rings is 2. The monoisotopic (exact) mass is 288 g/mol. The molecule has 0 saturated carbocycles. The van der Waals surface area contributed by atoms with E-state index >= 15 is 0 Å². The van der Waals surface area contributed by atoms with Crippen molar-refractivity contribution in [3.05, 3.63) is 39.9 Å². The molecule has 0 bridgehead atoms. The van der Waals surface area contributed by atoms with Gasteiger partial charge in [0.2, 0.25) is 0 Å². The van der Waals surface area contributed by atoms with Gasteiger partial charge in [-0.25, -0.2) is 4.79 Å². The molecule has 0 saturated heterocycles. The van der Waals surface area contributed by atoms with Crippen molar-refractivity contribution in [3.63, 3.8) is 0 Å². The maximum absolute atomic E-state index is 12.5. The lowest BCUT2D eigenvalue weighted by Crippen LogP contribution is -2.20. The van der Waals surface area contributed by atoms with Crippen LogP contribution in [0.4, 0.5) is 0 Å². The number of aromatic nitrogens is 2. The Morgan fingerprint density at radius 2 is 2.14 bits per heavy atom. The Labute approximate surface area is 123 Å². The van der Waals surface area contributed by atoms with Gasteiger partial charge in [-0.1, -0.05) is 19.8 Å². The van der Waals surface area contributed by atoms with Gasteiger partial charge in [-0.2, -0.15) is 0 Å². The second-order valence-electron chi connectivity index (χ2n) is 5.07. The minimum atomic E-state index is -0.470. The molecular weight excluding hydrogens is 268 g/mol. The van der Waals surface area contributed by atoms with E-state index in [1.54, 1.807) is 23.8 Å². The van der Waals surface area contributed by atoms with Crippen molar-refractivity contribution in [2.75, 3.05) is 7.11 Å². The summed E-state index contributed by atoms with van der Waals surface area (Å²) in [4.78, 5) is 28.5. The van der Waals surface area contributed by atoms with Crippen LogP contribution in [0, 0.1) is 6.92 Å². The fourth-order valence-corrected chi connectivity index (χ4v) is 2.33. The number of carbonyl (C=O) groups excluding carboxylic acids is 1. The van der Waals surface area contributed by atoms with Crippen LogP contribution in [0.2, 0.25) is 0 Å². The SMILES string of the molecule is CCCCCn1ccc2nc(C)c(C(=O)OC)cc2c1=O. The molecule has 0 aromatic carbocycles. The highest BCUT2D eigenvalue weighted by molar-refractivity contribution is 5.94. The summed E-state index contributed by atoms with van der Waals surface area (Å²) in [7, 11) is 1.32. The van der Waals surface area contributed by atoms with Crippen molar-refractivity contribution < 1.29 is 9.53 Å². The van der Waals surface area contributed by atoms with Crippen molar-refractivity contribution in [1.29, 1.82) is 0 Å². The molecule has 0 fully saturated rings. The Kier molecular flexibility index (Phi) is 4.73. The third-order valence-corrected chi connectivity index (χ3v) is 3.55. The molecule has 2 aromatic rings. The summed E-state index contributed by atoms with van der Waals surface area (Å²) in [5.74, 6) is -0.470. The third kappa shape index (κ3) is 3.12. The van der Waals surface area contributed by atoms with Crippen molar-refractivity contribution >= 4 is 16.9 Å². The van der Waals surface area contributed by atoms with Crippen molar-refractivity contribution in [2.24, 2.45) is 0 Å². The minimum Gasteiger partial charge on any atom is -0.465 e. The highest BCUT2D eigenvalue weighted by Gasteiger charge is 2.14. The molecule has 0 amide bonds. The topological polar surface area (TPSA) is 61.2 Å². The molecule has 2 rings (SSSR count). The van der Waals surface area contributed by atoms with E-state index in [1.165, 1.54) is 7.11 Å². The van der Waals surface area contributed by atoms with Gasteiger partial charge in [-0.3, -0.25) is 9.78 Å². The zero-order valence-corrected chi connectivity index (χ0v) is 12.7. The molecule has 0 aliphatic rings. The van der Waals surface area contributed by atoms with Gasteiger partial charge in [0.25, 0.3) is 5.56 Å². The second kappa shape index (κ2) is 6.52. The van der Waals surface area contributed by atoms with Gasteiger partial charge in [0.05, 0.1) is 29.3 Å². The van der Waals surface area contributed by atoms with Crippen molar-refractivity contribution in [3.8, 4) is 0 Å². The summed E-state index contributed by atoms with van der Waals surface area (Å²) >= 11 is 0. The number of carbonyl (C=O) groups is 1. The molecule has 112 valence electrons. The Bertz CT molecular complexity index is 719.